The summed E-state index contributed by atoms with van der Waals surface area (Å²) in [6, 6.07) is 6.14. The molecule has 0 unspecified atom stereocenters. The van der Waals surface area contributed by atoms with Crippen LogP contribution in [0.3, 0.4) is 0 Å². The van der Waals surface area contributed by atoms with E-state index in [9.17, 15) is 15.2 Å². The highest BCUT2D eigenvalue weighted by molar-refractivity contribution is 8.00. The minimum Gasteiger partial charge on any atom is -0.387 e. The van der Waals surface area contributed by atoms with Crippen molar-refractivity contribution in [3.63, 3.8) is 0 Å². The summed E-state index contributed by atoms with van der Waals surface area (Å²) in [5.41, 5.74) is -0.317. The highest BCUT2D eigenvalue weighted by Gasteiger charge is 2.44. The van der Waals surface area contributed by atoms with E-state index in [2.05, 4.69) is 12.2 Å². The maximum absolute atomic E-state index is 10.8. The van der Waals surface area contributed by atoms with Gasteiger partial charge in [0.2, 0.25) is 0 Å². The topological polar surface area (TPSA) is 99.2 Å². The van der Waals surface area contributed by atoms with Gasteiger partial charge in [-0.05, 0) is 30.7 Å². The van der Waals surface area contributed by atoms with Crippen molar-refractivity contribution >= 4 is 23.1 Å². The maximum Gasteiger partial charge on any atom is 0.287 e. The van der Waals surface area contributed by atoms with E-state index in [1.165, 1.54) is 12.1 Å². The largest absolute Gasteiger partial charge is 0.387 e. The zero-order valence-corrected chi connectivity index (χ0v) is 12.5. The predicted octanol–water partition coefficient (Wildman–Crippen LogP) is 2.52. The van der Waals surface area contributed by atoms with Crippen LogP contribution in [0.4, 0.5) is 11.4 Å². The lowest BCUT2D eigenvalue weighted by atomic mass is 9.79. The van der Waals surface area contributed by atoms with Crippen LogP contribution in [0.1, 0.15) is 25.3 Å². The summed E-state index contributed by atoms with van der Waals surface area (Å²) >= 11 is 1.74. The van der Waals surface area contributed by atoms with Crippen molar-refractivity contribution in [2.75, 3.05) is 17.6 Å². The number of hydrogen-bond acceptors (Lipinski definition) is 6. The molecule has 0 heterocycles. The molecule has 0 amide bonds. The fourth-order valence-corrected chi connectivity index (χ4v) is 3.59. The van der Waals surface area contributed by atoms with Gasteiger partial charge in [-0.1, -0.05) is 6.92 Å². The highest BCUT2D eigenvalue weighted by atomic mass is 32.2. The molecular weight excluding hydrogens is 290 g/mol. The van der Waals surface area contributed by atoms with Crippen LogP contribution < -0.4 is 5.32 Å². The predicted molar refractivity (Wildman–Crippen MR) is 82.4 cm³/mol. The minimum absolute atomic E-state index is 0.0186. The molecule has 1 saturated carbocycles. The van der Waals surface area contributed by atoms with Crippen LogP contribution in [0.25, 0.3) is 0 Å². The SMILES string of the molecule is CCS[C@H]1CC[C@]1(O)CNc1ccc([N+](=O)[O-])c(C#N)c1. The average Bonchev–Trinajstić information content (AvgIpc) is 2.48. The van der Waals surface area contributed by atoms with Crippen LogP contribution in [0, 0.1) is 21.4 Å². The van der Waals surface area contributed by atoms with Gasteiger partial charge in [-0.2, -0.15) is 17.0 Å². The molecule has 6 nitrogen and oxygen atoms in total. The number of benzene rings is 1. The van der Waals surface area contributed by atoms with Crippen LogP contribution in [0.2, 0.25) is 0 Å². The molecule has 0 bridgehead atoms. The molecule has 7 heteroatoms. The summed E-state index contributed by atoms with van der Waals surface area (Å²) in [4.78, 5) is 10.2. The minimum atomic E-state index is -0.741. The summed E-state index contributed by atoms with van der Waals surface area (Å²) in [7, 11) is 0. The Labute approximate surface area is 127 Å². The van der Waals surface area contributed by atoms with Gasteiger partial charge in [-0.25, -0.2) is 0 Å². The lowest BCUT2D eigenvalue weighted by Gasteiger charge is -2.45. The summed E-state index contributed by atoms with van der Waals surface area (Å²) < 4.78 is 0. The van der Waals surface area contributed by atoms with Gasteiger partial charge in [0.15, 0.2) is 0 Å². The molecule has 2 atom stereocenters. The fraction of sp³-hybridized carbons (Fsp3) is 0.500. The van der Waals surface area contributed by atoms with Gasteiger partial charge in [-0.3, -0.25) is 10.1 Å². The molecule has 0 radical (unpaired) electrons. The van der Waals surface area contributed by atoms with Crippen molar-refractivity contribution in [1.29, 1.82) is 5.26 Å². The molecule has 2 rings (SSSR count). The van der Waals surface area contributed by atoms with Crippen LogP contribution in [-0.4, -0.2) is 33.2 Å². The van der Waals surface area contributed by atoms with E-state index in [4.69, 9.17) is 5.26 Å². The van der Waals surface area contributed by atoms with E-state index in [-0.39, 0.29) is 16.5 Å². The molecule has 2 N–H and O–H groups in total. The second kappa shape index (κ2) is 6.33. The van der Waals surface area contributed by atoms with E-state index in [0.29, 0.717) is 12.2 Å². The zero-order valence-electron chi connectivity index (χ0n) is 11.7. The molecule has 1 aliphatic carbocycles. The Morgan fingerprint density at radius 1 is 1.67 bits per heavy atom. The Morgan fingerprint density at radius 3 is 2.95 bits per heavy atom. The summed E-state index contributed by atoms with van der Waals surface area (Å²) in [5, 5.41) is 33.5. The van der Waals surface area contributed by atoms with Gasteiger partial charge in [0.25, 0.3) is 5.69 Å². The number of nitriles is 1. The number of nitro groups is 1. The van der Waals surface area contributed by atoms with Crippen molar-refractivity contribution in [2.45, 2.75) is 30.6 Å². The first-order chi connectivity index (χ1) is 10.00. The van der Waals surface area contributed by atoms with Crippen molar-refractivity contribution in [1.82, 2.24) is 0 Å². The van der Waals surface area contributed by atoms with Crippen LogP contribution >= 0.6 is 11.8 Å². The third kappa shape index (κ3) is 3.28. The first-order valence-corrected chi connectivity index (χ1v) is 7.81. The number of nitrogens with one attached hydrogen (secondary N) is 1. The number of thioether (sulfide) groups is 1. The lowest BCUT2D eigenvalue weighted by Crippen LogP contribution is -2.54. The fourth-order valence-electron chi connectivity index (χ4n) is 2.39. The molecule has 112 valence electrons. The number of rotatable bonds is 6. The molecule has 21 heavy (non-hydrogen) atoms. The van der Waals surface area contributed by atoms with E-state index in [1.807, 2.05) is 6.07 Å². The molecule has 1 aromatic carbocycles. The molecule has 1 aliphatic rings. The van der Waals surface area contributed by atoms with Crippen molar-refractivity contribution in [3.8, 4) is 6.07 Å². The number of aliphatic hydroxyl groups is 1. The highest BCUT2D eigenvalue weighted by Crippen LogP contribution is 2.41. The van der Waals surface area contributed by atoms with Crippen molar-refractivity contribution in [3.05, 3.63) is 33.9 Å². The second-order valence-electron chi connectivity index (χ2n) is 5.04. The van der Waals surface area contributed by atoms with Crippen LogP contribution in [0.5, 0.6) is 0 Å². The Balaban J connectivity index is 2.04. The zero-order chi connectivity index (χ0) is 15.5. The molecule has 1 fully saturated rings. The van der Waals surface area contributed by atoms with Crippen LogP contribution in [0.15, 0.2) is 18.2 Å². The van der Waals surface area contributed by atoms with E-state index < -0.39 is 10.5 Å². The van der Waals surface area contributed by atoms with Crippen molar-refractivity contribution in [2.24, 2.45) is 0 Å². The normalized spacial score (nSPS) is 24.0. The van der Waals surface area contributed by atoms with Gasteiger partial charge >= 0.3 is 0 Å². The van der Waals surface area contributed by atoms with Gasteiger partial charge in [-0.15, -0.1) is 0 Å². The molecule has 0 saturated heterocycles. The Morgan fingerprint density at radius 2 is 2.43 bits per heavy atom. The van der Waals surface area contributed by atoms with Gasteiger partial charge < -0.3 is 10.4 Å². The monoisotopic (exact) mass is 307 g/mol. The van der Waals surface area contributed by atoms with Gasteiger partial charge in [0.05, 0.1) is 10.5 Å². The number of nitro benzene ring substituents is 1. The third-order valence-corrected chi connectivity index (χ3v) is 5.13. The van der Waals surface area contributed by atoms with E-state index in [0.717, 1.165) is 18.6 Å². The lowest BCUT2D eigenvalue weighted by molar-refractivity contribution is -0.385. The standard InChI is InChI=1S/C14H17N3O3S/c1-2-21-13-5-6-14(13,18)9-16-11-3-4-12(17(19)20)10(7-11)8-15/h3-4,7,13,16,18H,2,5-6,9H2,1H3/t13-,14-/m0/s1. The molecule has 0 spiro atoms. The number of hydrogen-bond donors (Lipinski definition) is 2. The van der Waals surface area contributed by atoms with E-state index >= 15 is 0 Å². The van der Waals surface area contributed by atoms with Gasteiger partial charge in [0, 0.05) is 23.5 Å². The number of anilines is 1. The molecule has 0 aromatic heterocycles. The van der Waals surface area contributed by atoms with Crippen molar-refractivity contribution < 1.29 is 10.0 Å². The Kier molecular flexibility index (Phi) is 4.70. The third-order valence-electron chi connectivity index (χ3n) is 3.72. The first-order valence-electron chi connectivity index (χ1n) is 6.76. The second-order valence-corrected chi connectivity index (χ2v) is 6.52. The molecular formula is C14H17N3O3S. The average molecular weight is 307 g/mol. The first kappa shape index (κ1) is 15.6. The Bertz CT molecular complexity index is 587. The quantitative estimate of drug-likeness (QED) is 0.619. The smallest absolute Gasteiger partial charge is 0.287 e. The summed E-state index contributed by atoms with van der Waals surface area (Å²) in [6.45, 7) is 2.44. The molecule has 0 aliphatic heterocycles. The van der Waals surface area contributed by atoms with Gasteiger partial charge in [0.1, 0.15) is 11.6 Å². The number of nitrogens with zero attached hydrogens (tertiary/aromatic N) is 2. The van der Waals surface area contributed by atoms with Crippen LogP contribution in [-0.2, 0) is 0 Å². The maximum atomic E-state index is 10.8. The van der Waals surface area contributed by atoms with E-state index in [1.54, 1.807) is 17.8 Å². The summed E-state index contributed by atoms with van der Waals surface area (Å²) in [6.07, 6.45) is 1.75. The molecule has 1 aromatic rings. The Hall–Kier alpha value is -1.78. The summed E-state index contributed by atoms with van der Waals surface area (Å²) in [5.74, 6) is 0.961.